The predicted molar refractivity (Wildman–Crippen MR) is 106 cm³/mol. The molecule has 8 atom stereocenters. The zero-order valence-electron chi connectivity index (χ0n) is 17.8. The van der Waals surface area contributed by atoms with Crippen molar-refractivity contribution < 1.29 is 34.1 Å². The van der Waals surface area contributed by atoms with Crippen LogP contribution in [0, 0.1) is 38.7 Å². The molecule has 0 spiro atoms. The number of alkyl halides is 1. The summed E-state index contributed by atoms with van der Waals surface area (Å²) in [7, 11) is 0. The fraction of sp³-hybridized carbons (Fsp3) is 0.727. The van der Waals surface area contributed by atoms with E-state index in [1.54, 1.807) is 20.8 Å². The van der Waals surface area contributed by atoms with Gasteiger partial charge in [0.25, 0.3) is 5.09 Å². The van der Waals surface area contributed by atoms with Gasteiger partial charge >= 0.3 is 0 Å². The van der Waals surface area contributed by atoms with Crippen LogP contribution in [0.15, 0.2) is 23.8 Å². The lowest BCUT2D eigenvalue weighted by molar-refractivity contribution is -0.775. The molecule has 170 valence electrons. The summed E-state index contributed by atoms with van der Waals surface area (Å²) >= 11 is 0. The zero-order valence-corrected chi connectivity index (χ0v) is 17.8. The molecule has 0 aromatic rings. The van der Waals surface area contributed by atoms with Gasteiger partial charge in [-0.1, -0.05) is 25.5 Å². The SMILES string of the molecule is C[C@@H]1C[C@H]2[C@@H]3CCC4=CC(=O)C=C[C@]4(C)C3(F)[C@@H](O[N+](=O)[O-])C[C@]2(C)[C@@]1(O)C(=O)CO. The molecule has 4 aliphatic carbocycles. The van der Waals surface area contributed by atoms with Crippen molar-refractivity contribution in [2.75, 3.05) is 6.61 Å². The monoisotopic (exact) mass is 437 g/mol. The van der Waals surface area contributed by atoms with Crippen molar-refractivity contribution in [3.8, 4) is 0 Å². The molecule has 4 rings (SSSR count). The molecular weight excluding hydrogens is 409 g/mol. The zero-order chi connectivity index (χ0) is 23.0. The first-order chi connectivity index (χ1) is 14.4. The summed E-state index contributed by atoms with van der Waals surface area (Å²) in [6.07, 6.45) is 3.45. The molecule has 1 unspecified atom stereocenters. The van der Waals surface area contributed by atoms with Gasteiger partial charge in [0.05, 0.1) is 0 Å². The summed E-state index contributed by atoms with van der Waals surface area (Å²) in [5.41, 5.74) is -6.07. The number of hydrogen-bond donors (Lipinski definition) is 2. The number of Topliss-reactive ketones (excluding diaryl/α,β-unsaturated/α-hetero) is 1. The van der Waals surface area contributed by atoms with E-state index in [0.29, 0.717) is 24.8 Å². The van der Waals surface area contributed by atoms with Crippen molar-refractivity contribution in [1.82, 2.24) is 0 Å². The minimum absolute atomic E-state index is 0.251. The summed E-state index contributed by atoms with van der Waals surface area (Å²) in [6.45, 7) is 4.11. The third-order valence-corrected chi connectivity index (χ3v) is 8.98. The highest BCUT2D eigenvalue weighted by atomic mass is 19.1. The first-order valence-corrected chi connectivity index (χ1v) is 10.7. The normalized spacial score (nSPS) is 48.3. The Bertz CT molecular complexity index is 918. The molecule has 3 fully saturated rings. The van der Waals surface area contributed by atoms with Crippen molar-refractivity contribution in [3.05, 3.63) is 33.9 Å². The van der Waals surface area contributed by atoms with Crippen LogP contribution in [-0.2, 0) is 14.4 Å². The third kappa shape index (κ3) is 2.53. The lowest BCUT2D eigenvalue weighted by Crippen LogP contribution is -2.70. The van der Waals surface area contributed by atoms with Crippen LogP contribution in [0.2, 0.25) is 0 Å². The van der Waals surface area contributed by atoms with Gasteiger partial charge < -0.3 is 15.1 Å². The maximum Gasteiger partial charge on any atom is 0.294 e. The Kier molecular flexibility index (Phi) is 4.76. The predicted octanol–water partition coefficient (Wildman–Crippen LogP) is 2.11. The van der Waals surface area contributed by atoms with Crippen molar-refractivity contribution in [2.45, 2.75) is 63.8 Å². The fourth-order valence-electron chi connectivity index (χ4n) is 7.44. The number of nitrogens with zero attached hydrogens (tertiary/aromatic N) is 1. The Morgan fingerprint density at radius 2 is 2.06 bits per heavy atom. The molecule has 0 heterocycles. The van der Waals surface area contributed by atoms with Gasteiger partial charge in [0.1, 0.15) is 18.3 Å². The van der Waals surface area contributed by atoms with Crippen LogP contribution in [0.3, 0.4) is 0 Å². The number of carbonyl (C=O) groups excluding carboxylic acids is 2. The lowest BCUT2D eigenvalue weighted by atomic mass is 9.44. The van der Waals surface area contributed by atoms with E-state index >= 15 is 4.39 Å². The van der Waals surface area contributed by atoms with Gasteiger partial charge in [-0.05, 0) is 56.6 Å². The average Bonchev–Trinajstić information content (AvgIpc) is 2.90. The summed E-state index contributed by atoms with van der Waals surface area (Å²) < 4.78 is 17.3. The molecule has 3 saturated carbocycles. The standard InChI is InChI=1S/C22H28FNO7/c1-12-8-16-15-5-4-13-9-14(26)6-7-19(13,2)21(15,23)18(31-24(29)30)10-20(16,3)22(12,28)17(27)11-25/h6-7,9,12,15-16,18,25,28H,4-5,8,10-11H2,1-3H3/t12-,15+,16+,18+,19+,20+,21?,22+/m1/s1. The molecule has 0 radical (unpaired) electrons. The minimum atomic E-state index is -2.21. The number of ketones is 2. The summed E-state index contributed by atoms with van der Waals surface area (Å²) in [4.78, 5) is 40.9. The van der Waals surface area contributed by atoms with E-state index in [2.05, 4.69) is 0 Å². The molecule has 2 N–H and O–H groups in total. The molecule has 0 saturated heterocycles. The van der Waals surface area contributed by atoms with Crippen molar-refractivity contribution in [2.24, 2.45) is 28.6 Å². The number of carbonyl (C=O) groups is 2. The van der Waals surface area contributed by atoms with Crippen LogP contribution < -0.4 is 0 Å². The molecule has 0 aromatic heterocycles. The van der Waals surface area contributed by atoms with E-state index in [4.69, 9.17) is 4.84 Å². The number of fused-ring (bicyclic) bond motifs is 5. The number of allylic oxidation sites excluding steroid dienone is 4. The molecule has 0 aromatic carbocycles. The number of aliphatic hydroxyl groups excluding tert-OH is 1. The fourth-order valence-corrected chi connectivity index (χ4v) is 7.44. The maximum atomic E-state index is 17.3. The molecule has 8 nitrogen and oxygen atoms in total. The van der Waals surface area contributed by atoms with E-state index in [9.17, 15) is 29.9 Å². The Hall–Kier alpha value is -2.13. The average molecular weight is 437 g/mol. The van der Waals surface area contributed by atoms with Gasteiger partial charge in [0.2, 0.25) is 0 Å². The summed E-state index contributed by atoms with van der Waals surface area (Å²) in [5, 5.41) is 31.4. The van der Waals surface area contributed by atoms with Crippen molar-refractivity contribution >= 4 is 11.6 Å². The van der Waals surface area contributed by atoms with Crippen LogP contribution in [-0.4, -0.2) is 50.8 Å². The summed E-state index contributed by atoms with van der Waals surface area (Å²) in [5.74, 6) is -2.77. The Morgan fingerprint density at radius 3 is 2.68 bits per heavy atom. The quantitative estimate of drug-likeness (QED) is 0.509. The Balaban J connectivity index is 1.89. The van der Waals surface area contributed by atoms with Crippen molar-refractivity contribution in [3.63, 3.8) is 0 Å². The third-order valence-electron chi connectivity index (χ3n) is 8.98. The second kappa shape index (κ2) is 6.68. The van der Waals surface area contributed by atoms with E-state index in [1.165, 1.54) is 18.2 Å². The van der Waals surface area contributed by atoms with Gasteiger partial charge in [-0.2, -0.15) is 0 Å². The first-order valence-electron chi connectivity index (χ1n) is 10.7. The maximum absolute atomic E-state index is 17.3. The van der Waals surface area contributed by atoms with E-state index in [-0.39, 0.29) is 12.2 Å². The molecule has 0 bridgehead atoms. The molecule has 31 heavy (non-hydrogen) atoms. The number of rotatable bonds is 4. The van der Waals surface area contributed by atoms with Crippen LogP contribution in [0.4, 0.5) is 4.39 Å². The second-order valence-electron chi connectivity index (χ2n) is 10.1. The van der Waals surface area contributed by atoms with Crippen LogP contribution >= 0.6 is 0 Å². The number of aliphatic hydroxyl groups is 2. The van der Waals surface area contributed by atoms with Crippen molar-refractivity contribution in [1.29, 1.82) is 0 Å². The van der Waals surface area contributed by atoms with E-state index < -0.39 is 63.4 Å². The van der Waals surface area contributed by atoms with Crippen LogP contribution in [0.1, 0.15) is 46.5 Å². The lowest BCUT2D eigenvalue weighted by Gasteiger charge is -2.62. The van der Waals surface area contributed by atoms with Crippen LogP contribution in [0.25, 0.3) is 0 Å². The van der Waals surface area contributed by atoms with E-state index in [1.807, 2.05) is 0 Å². The number of hydrogen-bond acceptors (Lipinski definition) is 7. The molecule has 0 amide bonds. The highest BCUT2D eigenvalue weighted by Gasteiger charge is 2.76. The molecule has 0 aliphatic heterocycles. The Labute approximate surface area is 179 Å². The molecule has 4 aliphatic rings. The smallest absolute Gasteiger partial charge is 0.294 e. The summed E-state index contributed by atoms with van der Waals surface area (Å²) in [6, 6.07) is 0. The highest BCUT2D eigenvalue weighted by Crippen LogP contribution is 2.71. The Morgan fingerprint density at radius 1 is 1.39 bits per heavy atom. The van der Waals surface area contributed by atoms with Gasteiger partial charge in [-0.15, -0.1) is 10.1 Å². The topological polar surface area (TPSA) is 127 Å². The molecule has 9 heteroatoms. The van der Waals surface area contributed by atoms with Gasteiger partial charge in [0, 0.05) is 16.7 Å². The van der Waals surface area contributed by atoms with Gasteiger partial charge in [-0.25, -0.2) is 4.39 Å². The molecular formula is C22H28FNO7. The van der Waals surface area contributed by atoms with Gasteiger partial charge in [0.15, 0.2) is 17.2 Å². The highest BCUT2D eigenvalue weighted by molar-refractivity contribution is 6.01. The van der Waals surface area contributed by atoms with Gasteiger partial charge in [-0.3, -0.25) is 9.59 Å². The largest absolute Gasteiger partial charge is 0.388 e. The first kappa shape index (κ1) is 22.1. The minimum Gasteiger partial charge on any atom is -0.388 e. The second-order valence-corrected chi connectivity index (χ2v) is 10.1. The van der Waals surface area contributed by atoms with Crippen LogP contribution in [0.5, 0.6) is 0 Å². The van der Waals surface area contributed by atoms with E-state index in [0.717, 1.165) is 0 Å². The number of halogens is 1.